The normalized spacial score (nSPS) is 30.8. The molecule has 2 rings (SSSR count). The Hall–Kier alpha value is -0.340. The van der Waals surface area contributed by atoms with Gasteiger partial charge in [-0.2, -0.15) is 0 Å². The molecule has 2 N–H and O–H groups in total. The van der Waals surface area contributed by atoms with Crippen molar-refractivity contribution in [1.29, 1.82) is 0 Å². The Morgan fingerprint density at radius 3 is 2.71 bits per heavy atom. The fraction of sp³-hybridized carbons (Fsp3) is 0.833. The van der Waals surface area contributed by atoms with Gasteiger partial charge in [-0.05, 0) is 12.3 Å². The van der Waals surface area contributed by atoms with Crippen molar-refractivity contribution in [2.24, 2.45) is 5.92 Å². The Labute approximate surface area is 86.4 Å². The van der Waals surface area contributed by atoms with Crippen molar-refractivity contribution < 1.29 is 5.11 Å². The largest absolute Gasteiger partial charge is 0.391 e. The van der Waals surface area contributed by atoms with Crippen LogP contribution in [-0.2, 0) is 0 Å². The molecule has 0 aromatic heterocycles. The average Bonchev–Trinajstić information content (AvgIpc) is 2.72. The standard InChI is InChI=1S/C12H21NO/c14-12(11-7-4-8-13-11)9-10-5-2-1-3-6-10/h4,7,10-14H,1-3,5-6,8-9H2. The molecule has 0 aromatic rings. The molecule has 2 atom stereocenters. The Bertz CT molecular complexity index is 196. The number of aliphatic hydroxyl groups is 1. The monoisotopic (exact) mass is 195 g/mol. The second kappa shape index (κ2) is 4.94. The van der Waals surface area contributed by atoms with E-state index in [0.717, 1.165) is 18.9 Å². The van der Waals surface area contributed by atoms with E-state index < -0.39 is 0 Å². The summed E-state index contributed by atoms with van der Waals surface area (Å²) in [7, 11) is 0. The highest BCUT2D eigenvalue weighted by Crippen LogP contribution is 2.28. The van der Waals surface area contributed by atoms with E-state index in [9.17, 15) is 5.11 Å². The topological polar surface area (TPSA) is 32.3 Å². The summed E-state index contributed by atoms with van der Waals surface area (Å²) in [6, 6.07) is 0.219. The summed E-state index contributed by atoms with van der Waals surface area (Å²) in [5, 5.41) is 13.3. The Morgan fingerprint density at radius 2 is 2.07 bits per heavy atom. The van der Waals surface area contributed by atoms with Crippen LogP contribution in [0, 0.1) is 5.92 Å². The number of hydrogen-bond acceptors (Lipinski definition) is 2. The molecule has 0 saturated heterocycles. The molecule has 14 heavy (non-hydrogen) atoms. The van der Waals surface area contributed by atoms with Crippen LogP contribution < -0.4 is 5.32 Å². The first-order valence-electron chi connectivity index (χ1n) is 5.94. The molecule has 1 saturated carbocycles. The van der Waals surface area contributed by atoms with Gasteiger partial charge in [-0.1, -0.05) is 44.3 Å². The summed E-state index contributed by atoms with van der Waals surface area (Å²) in [4.78, 5) is 0. The van der Waals surface area contributed by atoms with Crippen LogP contribution in [0.4, 0.5) is 0 Å². The molecular formula is C12H21NO. The lowest BCUT2D eigenvalue weighted by Crippen LogP contribution is -2.36. The van der Waals surface area contributed by atoms with E-state index >= 15 is 0 Å². The zero-order chi connectivity index (χ0) is 9.80. The Morgan fingerprint density at radius 1 is 1.29 bits per heavy atom. The summed E-state index contributed by atoms with van der Waals surface area (Å²) in [6.45, 7) is 0.923. The first kappa shape index (κ1) is 10.2. The van der Waals surface area contributed by atoms with E-state index in [4.69, 9.17) is 0 Å². The van der Waals surface area contributed by atoms with Gasteiger partial charge in [0.15, 0.2) is 0 Å². The minimum Gasteiger partial charge on any atom is -0.391 e. The van der Waals surface area contributed by atoms with Crippen molar-refractivity contribution in [3.63, 3.8) is 0 Å². The zero-order valence-electron chi connectivity index (χ0n) is 8.78. The van der Waals surface area contributed by atoms with E-state index in [1.54, 1.807) is 0 Å². The third kappa shape index (κ3) is 2.58. The van der Waals surface area contributed by atoms with Crippen molar-refractivity contribution in [1.82, 2.24) is 5.32 Å². The lowest BCUT2D eigenvalue weighted by Gasteiger charge is -2.26. The molecule has 0 spiro atoms. The molecule has 2 aliphatic rings. The van der Waals surface area contributed by atoms with E-state index in [1.807, 2.05) is 0 Å². The van der Waals surface area contributed by atoms with Crippen molar-refractivity contribution in [2.75, 3.05) is 6.54 Å². The summed E-state index contributed by atoms with van der Waals surface area (Å²) in [6.07, 6.45) is 11.8. The van der Waals surface area contributed by atoms with Crippen LogP contribution in [-0.4, -0.2) is 23.8 Å². The first-order chi connectivity index (χ1) is 6.86. The molecule has 1 aliphatic carbocycles. The van der Waals surface area contributed by atoms with Gasteiger partial charge in [0.1, 0.15) is 0 Å². The maximum atomic E-state index is 9.99. The molecular weight excluding hydrogens is 174 g/mol. The molecule has 2 unspecified atom stereocenters. The predicted octanol–water partition coefficient (Wildman–Crippen LogP) is 1.85. The van der Waals surface area contributed by atoms with Crippen LogP contribution in [0.2, 0.25) is 0 Å². The summed E-state index contributed by atoms with van der Waals surface area (Å²) >= 11 is 0. The Kier molecular flexibility index (Phi) is 3.60. The summed E-state index contributed by atoms with van der Waals surface area (Å²) in [5.74, 6) is 0.773. The molecule has 1 aliphatic heterocycles. The molecule has 0 amide bonds. The van der Waals surface area contributed by atoms with Gasteiger partial charge in [-0.25, -0.2) is 0 Å². The van der Waals surface area contributed by atoms with Gasteiger partial charge in [-0.3, -0.25) is 0 Å². The molecule has 0 aromatic carbocycles. The minimum atomic E-state index is -0.170. The zero-order valence-corrected chi connectivity index (χ0v) is 8.78. The van der Waals surface area contributed by atoms with Crippen LogP contribution >= 0.6 is 0 Å². The van der Waals surface area contributed by atoms with Gasteiger partial charge in [-0.15, -0.1) is 0 Å². The highest BCUT2D eigenvalue weighted by Gasteiger charge is 2.23. The van der Waals surface area contributed by atoms with Crippen LogP contribution in [0.3, 0.4) is 0 Å². The number of nitrogens with one attached hydrogen (secondary N) is 1. The van der Waals surface area contributed by atoms with Crippen molar-refractivity contribution in [3.8, 4) is 0 Å². The molecule has 0 radical (unpaired) electrons. The van der Waals surface area contributed by atoms with E-state index in [0.29, 0.717) is 0 Å². The average molecular weight is 195 g/mol. The highest BCUT2D eigenvalue weighted by atomic mass is 16.3. The van der Waals surface area contributed by atoms with E-state index in [2.05, 4.69) is 17.5 Å². The Balaban J connectivity index is 1.75. The molecule has 1 heterocycles. The van der Waals surface area contributed by atoms with Gasteiger partial charge in [0.25, 0.3) is 0 Å². The van der Waals surface area contributed by atoms with E-state index in [1.165, 1.54) is 32.1 Å². The minimum absolute atomic E-state index is 0.170. The first-order valence-corrected chi connectivity index (χ1v) is 5.94. The molecule has 80 valence electrons. The molecule has 0 bridgehead atoms. The van der Waals surface area contributed by atoms with Gasteiger partial charge >= 0.3 is 0 Å². The van der Waals surface area contributed by atoms with Crippen molar-refractivity contribution in [2.45, 2.75) is 50.7 Å². The highest BCUT2D eigenvalue weighted by molar-refractivity contribution is 5.05. The van der Waals surface area contributed by atoms with Crippen LogP contribution in [0.5, 0.6) is 0 Å². The second-order valence-corrected chi connectivity index (χ2v) is 4.67. The van der Waals surface area contributed by atoms with Crippen LogP contribution in [0.1, 0.15) is 38.5 Å². The fourth-order valence-corrected chi connectivity index (χ4v) is 2.66. The maximum Gasteiger partial charge on any atom is 0.0731 e. The van der Waals surface area contributed by atoms with Gasteiger partial charge in [0.2, 0.25) is 0 Å². The number of aliphatic hydroxyl groups excluding tert-OH is 1. The van der Waals surface area contributed by atoms with Gasteiger partial charge < -0.3 is 10.4 Å². The van der Waals surface area contributed by atoms with Crippen molar-refractivity contribution in [3.05, 3.63) is 12.2 Å². The smallest absolute Gasteiger partial charge is 0.0731 e. The number of hydrogen-bond donors (Lipinski definition) is 2. The fourth-order valence-electron chi connectivity index (χ4n) is 2.66. The third-order valence-corrected chi connectivity index (χ3v) is 3.53. The van der Waals surface area contributed by atoms with E-state index in [-0.39, 0.29) is 12.1 Å². The third-order valence-electron chi connectivity index (χ3n) is 3.53. The summed E-state index contributed by atoms with van der Waals surface area (Å²) in [5.41, 5.74) is 0. The second-order valence-electron chi connectivity index (χ2n) is 4.67. The molecule has 1 fully saturated rings. The SMILES string of the molecule is OC(CC1CCCCC1)C1C=CCN1. The van der Waals surface area contributed by atoms with Gasteiger partial charge in [0.05, 0.1) is 12.1 Å². The quantitative estimate of drug-likeness (QED) is 0.674. The molecule has 2 heteroatoms. The lowest BCUT2D eigenvalue weighted by atomic mass is 9.84. The van der Waals surface area contributed by atoms with Crippen molar-refractivity contribution >= 4 is 0 Å². The van der Waals surface area contributed by atoms with Crippen LogP contribution in [0.15, 0.2) is 12.2 Å². The lowest BCUT2D eigenvalue weighted by molar-refractivity contribution is 0.110. The number of rotatable bonds is 3. The molecule has 2 nitrogen and oxygen atoms in total. The van der Waals surface area contributed by atoms with Crippen LogP contribution in [0.25, 0.3) is 0 Å². The van der Waals surface area contributed by atoms with Gasteiger partial charge in [0, 0.05) is 6.54 Å². The maximum absolute atomic E-state index is 9.99. The predicted molar refractivity (Wildman–Crippen MR) is 58.1 cm³/mol. The summed E-state index contributed by atoms with van der Waals surface area (Å²) < 4.78 is 0.